The summed E-state index contributed by atoms with van der Waals surface area (Å²) in [7, 11) is 1.62. The molecule has 0 bridgehead atoms. The van der Waals surface area contributed by atoms with Gasteiger partial charge in [0.2, 0.25) is 0 Å². The van der Waals surface area contributed by atoms with Gasteiger partial charge in [0.05, 0.1) is 13.7 Å². The Morgan fingerprint density at radius 2 is 1.87 bits per heavy atom. The second-order valence-corrected chi connectivity index (χ2v) is 8.74. The van der Waals surface area contributed by atoms with E-state index in [0.717, 1.165) is 22.6 Å². The van der Waals surface area contributed by atoms with Gasteiger partial charge in [0.15, 0.2) is 11.9 Å². The van der Waals surface area contributed by atoms with Crippen LogP contribution in [0.1, 0.15) is 38.8 Å². The topological polar surface area (TPSA) is 81.2 Å². The summed E-state index contributed by atoms with van der Waals surface area (Å²) in [6.07, 6.45) is -1.46. The predicted molar refractivity (Wildman–Crippen MR) is 122 cm³/mol. The standard InChI is InChI=1S/C23H28ClN3O4/c1-22(2,3)31-21(28)26-20-23(4,30-14-15-10-12-16(29-5)13-11-15)27-18-9-7-6-8-17(18)19(24)25-20/h6-13,20,27H,14H2,1-5H3,(H,26,28). The highest BCUT2D eigenvalue weighted by molar-refractivity contribution is 6.70. The number of nitrogens with one attached hydrogen (secondary N) is 2. The molecule has 1 aliphatic heterocycles. The number of carbonyl (C=O) groups excluding carboxylic acids is 1. The van der Waals surface area contributed by atoms with Crippen LogP contribution in [-0.4, -0.2) is 35.9 Å². The number of para-hydroxylation sites is 1. The lowest BCUT2D eigenvalue weighted by molar-refractivity contribution is -0.0476. The maximum Gasteiger partial charge on any atom is 0.409 e. The number of carbonyl (C=O) groups is 1. The highest BCUT2D eigenvalue weighted by Gasteiger charge is 2.40. The van der Waals surface area contributed by atoms with Gasteiger partial charge in [-0.1, -0.05) is 35.9 Å². The average molecular weight is 446 g/mol. The maximum absolute atomic E-state index is 12.5. The van der Waals surface area contributed by atoms with Crippen LogP contribution in [0.2, 0.25) is 0 Å². The smallest absolute Gasteiger partial charge is 0.409 e. The summed E-state index contributed by atoms with van der Waals surface area (Å²) < 4.78 is 16.9. The molecule has 7 nitrogen and oxygen atoms in total. The second kappa shape index (κ2) is 9.16. The Morgan fingerprint density at radius 1 is 1.19 bits per heavy atom. The fourth-order valence-corrected chi connectivity index (χ4v) is 3.34. The number of nitrogens with zero attached hydrogens (tertiary/aromatic N) is 1. The number of alkyl carbamates (subject to hydrolysis) is 1. The van der Waals surface area contributed by atoms with E-state index in [0.29, 0.717) is 0 Å². The summed E-state index contributed by atoms with van der Waals surface area (Å²) in [4.78, 5) is 17.1. The molecule has 8 heteroatoms. The number of benzene rings is 2. The minimum atomic E-state index is -1.11. The van der Waals surface area contributed by atoms with Crippen LogP contribution < -0.4 is 15.4 Å². The zero-order valence-corrected chi connectivity index (χ0v) is 19.1. The van der Waals surface area contributed by atoms with Crippen LogP contribution in [0.3, 0.4) is 0 Å². The molecular weight excluding hydrogens is 418 g/mol. The number of ether oxygens (including phenoxy) is 3. The molecule has 0 fully saturated rings. The third-order valence-electron chi connectivity index (χ3n) is 4.65. The van der Waals surface area contributed by atoms with Crippen molar-refractivity contribution < 1.29 is 19.0 Å². The average Bonchev–Trinajstić information content (AvgIpc) is 2.80. The summed E-state index contributed by atoms with van der Waals surface area (Å²) in [6.45, 7) is 7.47. The Kier molecular flexibility index (Phi) is 6.77. The lowest BCUT2D eigenvalue weighted by Gasteiger charge is -2.36. The van der Waals surface area contributed by atoms with Crippen LogP contribution in [0.25, 0.3) is 0 Å². The molecule has 2 unspecified atom stereocenters. The fraction of sp³-hybridized carbons (Fsp3) is 0.391. The number of fused-ring (bicyclic) bond motifs is 1. The number of rotatable bonds is 5. The number of halogens is 1. The number of methoxy groups -OCH3 is 1. The molecule has 1 heterocycles. The first-order valence-electron chi connectivity index (χ1n) is 9.97. The summed E-state index contributed by atoms with van der Waals surface area (Å²) >= 11 is 6.49. The molecule has 1 aliphatic rings. The largest absolute Gasteiger partial charge is 0.497 e. The number of benzodiazepines with no additional fused rings is 1. The van der Waals surface area contributed by atoms with Gasteiger partial charge >= 0.3 is 6.09 Å². The molecular formula is C23H28ClN3O4. The zero-order valence-electron chi connectivity index (χ0n) is 18.4. The normalized spacial score (nSPS) is 20.6. The number of hydrogen-bond donors (Lipinski definition) is 2. The molecule has 0 saturated heterocycles. The maximum atomic E-state index is 12.5. The Morgan fingerprint density at radius 3 is 2.52 bits per heavy atom. The van der Waals surface area contributed by atoms with E-state index in [1.54, 1.807) is 27.9 Å². The highest BCUT2D eigenvalue weighted by atomic mass is 35.5. The van der Waals surface area contributed by atoms with Gasteiger partial charge < -0.3 is 19.5 Å². The third kappa shape index (κ3) is 5.89. The van der Waals surface area contributed by atoms with Crippen molar-refractivity contribution in [3.8, 4) is 5.75 Å². The van der Waals surface area contributed by atoms with Crippen molar-refractivity contribution in [2.75, 3.05) is 12.4 Å². The Balaban J connectivity index is 1.88. The molecule has 0 radical (unpaired) electrons. The van der Waals surface area contributed by atoms with Crippen LogP contribution in [-0.2, 0) is 16.1 Å². The van der Waals surface area contributed by atoms with Crippen LogP contribution in [0.5, 0.6) is 5.75 Å². The minimum Gasteiger partial charge on any atom is -0.497 e. The molecule has 2 aromatic rings. The first kappa shape index (κ1) is 22.9. The Bertz CT molecular complexity index is 956. The third-order valence-corrected chi connectivity index (χ3v) is 4.95. The van der Waals surface area contributed by atoms with E-state index in [1.807, 2.05) is 55.5 Å². The second-order valence-electron chi connectivity index (χ2n) is 8.38. The molecule has 1 amide bonds. The quantitative estimate of drug-likeness (QED) is 0.684. The van der Waals surface area contributed by atoms with Crippen LogP contribution >= 0.6 is 11.6 Å². The van der Waals surface area contributed by atoms with Crippen molar-refractivity contribution in [2.24, 2.45) is 4.99 Å². The molecule has 0 spiro atoms. The Hall–Kier alpha value is -2.77. The molecule has 166 valence electrons. The van der Waals surface area contributed by atoms with E-state index < -0.39 is 23.6 Å². The van der Waals surface area contributed by atoms with E-state index >= 15 is 0 Å². The molecule has 0 aromatic heterocycles. The van der Waals surface area contributed by atoms with E-state index in [4.69, 9.17) is 25.8 Å². The van der Waals surface area contributed by atoms with Gasteiger partial charge in [-0.05, 0) is 57.5 Å². The van der Waals surface area contributed by atoms with Gasteiger partial charge in [-0.15, -0.1) is 0 Å². The predicted octanol–water partition coefficient (Wildman–Crippen LogP) is 4.89. The number of amides is 1. The van der Waals surface area contributed by atoms with E-state index in [-0.39, 0.29) is 11.8 Å². The lowest BCUT2D eigenvalue weighted by atomic mass is 10.1. The monoisotopic (exact) mass is 445 g/mol. The molecule has 2 atom stereocenters. The van der Waals surface area contributed by atoms with Crippen molar-refractivity contribution in [3.63, 3.8) is 0 Å². The van der Waals surface area contributed by atoms with Gasteiger partial charge in [-0.25, -0.2) is 9.79 Å². The van der Waals surface area contributed by atoms with Crippen LogP contribution in [0, 0.1) is 0 Å². The van der Waals surface area contributed by atoms with Gasteiger partial charge in [0.1, 0.15) is 16.5 Å². The number of aliphatic imine (C=N–C) groups is 1. The molecule has 0 aliphatic carbocycles. The first-order valence-corrected chi connectivity index (χ1v) is 10.3. The minimum absolute atomic E-state index is 0.265. The highest BCUT2D eigenvalue weighted by Crippen LogP contribution is 2.31. The van der Waals surface area contributed by atoms with Crippen molar-refractivity contribution >= 4 is 28.6 Å². The van der Waals surface area contributed by atoms with Crippen molar-refractivity contribution in [1.29, 1.82) is 0 Å². The summed E-state index contributed by atoms with van der Waals surface area (Å²) in [6, 6.07) is 15.1. The fourth-order valence-electron chi connectivity index (χ4n) is 3.07. The molecule has 2 N–H and O–H groups in total. The SMILES string of the molecule is COc1ccc(COC2(C)Nc3ccccc3C(Cl)=NC2NC(=O)OC(C)(C)C)cc1. The molecule has 0 saturated carbocycles. The molecule has 3 rings (SSSR count). The summed E-state index contributed by atoms with van der Waals surface area (Å²) in [5.41, 5.74) is 0.647. The summed E-state index contributed by atoms with van der Waals surface area (Å²) in [5, 5.41) is 6.41. The van der Waals surface area contributed by atoms with Crippen molar-refractivity contribution in [2.45, 2.75) is 51.8 Å². The first-order chi connectivity index (χ1) is 14.6. The van der Waals surface area contributed by atoms with Crippen LogP contribution in [0.4, 0.5) is 10.5 Å². The number of hydrogen-bond acceptors (Lipinski definition) is 6. The lowest BCUT2D eigenvalue weighted by Crippen LogP contribution is -2.56. The molecule has 2 aromatic carbocycles. The van der Waals surface area contributed by atoms with Crippen molar-refractivity contribution in [1.82, 2.24) is 5.32 Å². The van der Waals surface area contributed by atoms with E-state index in [9.17, 15) is 4.79 Å². The summed E-state index contributed by atoms with van der Waals surface area (Å²) in [5.74, 6) is 0.761. The van der Waals surface area contributed by atoms with Crippen molar-refractivity contribution in [3.05, 3.63) is 59.7 Å². The van der Waals surface area contributed by atoms with Gasteiger partial charge in [-0.2, -0.15) is 0 Å². The van der Waals surface area contributed by atoms with Gasteiger partial charge in [0.25, 0.3) is 0 Å². The van der Waals surface area contributed by atoms with Crippen LogP contribution in [0.15, 0.2) is 53.5 Å². The van der Waals surface area contributed by atoms with Gasteiger partial charge in [-0.3, -0.25) is 5.32 Å². The van der Waals surface area contributed by atoms with E-state index in [1.165, 1.54) is 0 Å². The molecule has 31 heavy (non-hydrogen) atoms. The van der Waals surface area contributed by atoms with Gasteiger partial charge in [0, 0.05) is 11.3 Å². The Labute approximate surface area is 187 Å². The number of anilines is 1. The zero-order chi connectivity index (χ0) is 22.6. The van der Waals surface area contributed by atoms with E-state index in [2.05, 4.69) is 15.6 Å².